The van der Waals surface area contributed by atoms with Gasteiger partial charge in [-0.2, -0.15) is 0 Å². The van der Waals surface area contributed by atoms with Crippen LogP contribution in [0.25, 0.3) is 0 Å². The van der Waals surface area contributed by atoms with E-state index in [-0.39, 0.29) is 54.8 Å². The van der Waals surface area contributed by atoms with Gasteiger partial charge in [-0.05, 0) is 108 Å². The summed E-state index contributed by atoms with van der Waals surface area (Å²) in [5.74, 6) is -7.10. The van der Waals surface area contributed by atoms with Gasteiger partial charge in [-0.1, -0.05) is 89.5 Å². The van der Waals surface area contributed by atoms with Gasteiger partial charge in [0, 0.05) is 44.9 Å². The lowest BCUT2D eigenvalue weighted by Gasteiger charge is -2.40. The first-order valence-electron chi connectivity index (χ1n) is 23.5. The van der Waals surface area contributed by atoms with E-state index < -0.39 is 72.0 Å². The summed E-state index contributed by atoms with van der Waals surface area (Å²) in [5, 5.41) is 55.4. The average Bonchev–Trinajstić information content (AvgIpc) is 3.25. The number of fused-ring (bicyclic) bond motifs is 1. The molecule has 2 fully saturated rings. The van der Waals surface area contributed by atoms with Crippen molar-refractivity contribution in [3.05, 3.63) is 47.6 Å². The molecular formula is C50H81NO12. The van der Waals surface area contributed by atoms with E-state index in [0.29, 0.717) is 56.9 Å². The third-order valence-corrected chi connectivity index (χ3v) is 13.9. The van der Waals surface area contributed by atoms with E-state index in [1.807, 2.05) is 58.1 Å². The Morgan fingerprint density at radius 1 is 0.857 bits per heavy atom. The lowest BCUT2D eigenvalue weighted by atomic mass is 9.78. The molecule has 3 aliphatic rings. The highest BCUT2D eigenvalue weighted by atomic mass is 16.5. The number of aliphatic hydroxyl groups excluding tert-OH is 3. The smallest absolute Gasteiger partial charge is 0.329 e. The van der Waals surface area contributed by atoms with Crippen LogP contribution in [0.3, 0.4) is 0 Å². The van der Waals surface area contributed by atoms with Crippen LogP contribution < -0.4 is 0 Å². The number of nitrogens with zero attached hydrogens (tertiary/aromatic N) is 1. The number of allylic oxidation sites excluding steroid dienone is 7. The molecule has 0 bridgehead atoms. The number of piperidine rings is 1. The number of esters is 1. The van der Waals surface area contributed by atoms with E-state index >= 15 is 0 Å². The van der Waals surface area contributed by atoms with Crippen LogP contribution in [0.15, 0.2) is 47.6 Å². The Bertz CT molecular complexity index is 1600. The molecule has 0 spiro atoms. The zero-order valence-electron chi connectivity index (χ0n) is 39.6. The van der Waals surface area contributed by atoms with Crippen LogP contribution in [0, 0.1) is 35.5 Å². The number of hydrogen-bond acceptors (Lipinski definition) is 12. The molecule has 2 heterocycles. The largest absolute Gasteiger partial charge is 0.460 e. The number of methoxy groups -OCH3 is 2. The van der Waals surface area contributed by atoms with Gasteiger partial charge in [0.05, 0.1) is 12.2 Å². The molecule has 2 aliphatic heterocycles. The lowest BCUT2D eigenvalue weighted by Crippen LogP contribution is -2.60. The molecule has 0 radical (unpaired) electrons. The Labute approximate surface area is 377 Å². The normalized spacial score (nSPS) is 38.1. The van der Waals surface area contributed by atoms with Crippen molar-refractivity contribution < 1.29 is 58.9 Å². The molecule has 358 valence electrons. The minimum absolute atomic E-state index is 0.0715. The number of carbonyl (C=O) groups excluding carboxylic acids is 4. The molecule has 63 heavy (non-hydrogen) atoms. The fourth-order valence-electron chi connectivity index (χ4n) is 9.48. The van der Waals surface area contributed by atoms with Gasteiger partial charge in [-0.3, -0.25) is 14.4 Å². The predicted molar refractivity (Wildman–Crippen MR) is 242 cm³/mol. The molecule has 13 nitrogen and oxygen atoms in total. The van der Waals surface area contributed by atoms with Crippen LogP contribution >= 0.6 is 0 Å². The Kier molecular flexibility index (Phi) is 22.6. The first kappa shape index (κ1) is 54.3. The molecule has 0 aromatic carbocycles. The molecule has 1 aliphatic carbocycles. The Morgan fingerprint density at radius 2 is 1.56 bits per heavy atom. The summed E-state index contributed by atoms with van der Waals surface area (Å²) in [6, 6.07) is -1.12. The second-order valence-corrected chi connectivity index (χ2v) is 19.2. The van der Waals surface area contributed by atoms with E-state index in [1.165, 1.54) is 17.6 Å². The molecular weight excluding hydrogens is 807 g/mol. The molecule has 1 saturated heterocycles. The zero-order valence-corrected chi connectivity index (χ0v) is 39.6. The predicted octanol–water partition coefficient (Wildman–Crippen LogP) is 6.33. The number of carbonyl (C=O) groups is 4. The number of amides is 1. The number of hydrogen-bond donors (Lipinski definition) is 5. The average molecular weight is 888 g/mol. The molecule has 1 amide bonds. The van der Waals surface area contributed by atoms with Crippen molar-refractivity contribution in [1.82, 2.24) is 4.90 Å². The molecule has 0 aromatic heterocycles. The fraction of sp³-hybridized carbons (Fsp3) is 0.760. The van der Waals surface area contributed by atoms with Gasteiger partial charge in [0.1, 0.15) is 30.1 Å². The second-order valence-electron chi connectivity index (χ2n) is 19.2. The second kappa shape index (κ2) is 26.2. The fourth-order valence-corrected chi connectivity index (χ4v) is 9.48. The number of aliphatic hydroxyl groups is 5. The quantitative estimate of drug-likeness (QED) is 0.117. The molecule has 1 saturated carbocycles. The van der Waals surface area contributed by atoms with Crippen molar-refractivity contribution in [1.29, 1.82) is 0 Å². The lowest BCUT2D eigenvalue weighted by molar-refractivity contribution is -0.254. The molecule has 0 aromatic rings. The van der Waals surface area contributed by atoms with Gasteiger partial charge in [0.25, 0.3) is 5.91 Å². The third-order valence-electron chi connectivity index (χ3n) is 13.9. The first-order valence-corrected chi connectivity index (χ1v) is 23.5. The summed E-state index contributed by atoms with van der Waals surface area (Å²) in [6.45, 7) is 12.8. The third kappa shape index (κ3) is 16.1. The highest BCUT2D eigenvalue weighted by Gasteiger charge is 2.48. The van der Waals surface area contributed by atoms with Crippen molar-refractivity contribution in [3.63, 3.8) is 0 Å². The van der Waals surface area contributed by atoms with E-state index in [2.05, 4.69) is 0 Å². The first-order chi connectivity index (χ1) is 29.7. The summed E-state index contributed by atoms with van der Waals surface area (Å²) in [4.78, 5) is 57.0. The highest BCUT2D eigenvalue weighted by Crippen LogP contribution is 2.35. The van der Waals surface area contributed by atoms with Crippen molar-refractivity contribution in [2.24, 2.45) is 35.5 Å². The number of ether oxygens (including phenoxy) is 3. The molecule has 1 unspecified atom stereocenters. The van der Waals surface area contributed by atoms with Crippen LogP contribution in [0.1, 0.15) is 138 Å². The number of rotatable bonds is 5. The van der Waals surface area contributed by atoms with Crippen LogP contribution in [-0.4, -0.2) is 123 Å². The Hall–Kier alpha value is -3.04. The van der Waals surface area contributed by atoms with Gasteiger partial charge >= 0.3 is 5.97 Å². The van der Waals surface area contributed by atoms with E-state index in [1.54, 1.807) is 34.0 Å². The minimum Gasteiger partial charge on any atom is -0.460 e. The van der Waals surface area contributed by atoms with Crippen LogP contribution in [0.4, 0.5) is 0 Å². The van der Waals surface area contributed by atoms with Gasteiger partial charge in [-0.25, -0.2) is 4.79 Å². The maximum Gasteiger partial charge on any atom is 0.329 e. The van der Waals surface area contributed by atoms with Crippen molar-refractivity contribution in [2.45, 2.75) is 187 Å². The summed E-state index contributed by atoms with van der Waals surface area (Å²) < 4.78 is 17.3. The molecule has 13 heteroatoms. The van der Waals surface area contributed by atoms with Crippen LogP contribution in [0.5, 0.6) is 0 Å². The molecule has 5 N–H and O–H groups in total. The van der Waals surface area contributed by atoms with E-state index in [4.69, 9.17) is 14.2 Å². The summed E-state index contributed by atoms with van der Waals surface area (Å²) in [7, 11) is 2.94. The standard InChI is InChI=1S/C50H81NO12/c1-31-18-12-10-14-20-32(2)26-35(5)44(54)46(62-9)45(55)36(6)27-33(3)41(53)30-42(34(4)28-38-23-24-40(52)43(29-38)61-8)63-49(58)39-22-16-17-25-51(39)48(57)47(56)50(59,60)37(7)21-15-11-13-19-31/h10,12,14,18,20,27,32-35,37-40,42-43,45-47,52,55-56,59-60H,11,13,15-17,19,21-26,28-30H2,1-9H3/b12-10+,20-14+,31-18+,36-27+/t32-,33-,34-,35-,37-,38+,39+,40-,42+,43-,45-,46+,47?/m1/s1. The maximum absolute atomic E-state index is 14.2. The number of Topliss-reactive ketones (excluding diaryl/α,β-unsaturated/α-hetero) is 2. The molecule has 13 atom stereocenters. The molecule has 3 rings (SSSR count). The van der Waals surface area contributed by atoms with Gasteiger partial charge in [0.15, 0.2) is 11.9 Å². The van der Waals surface area contributed by atoms with Gasteiger partial charge in [-0.15, -0.1) is 0 Å². The van der Waals surface area contributed by atoms with Gasteiger partial charge < -0.3 is 44.6 Å². The van der Waals surface area contributed by atoms with Crippen molar-refractivity contribution in [3.8, 4) is 0 Å². The van der Waals surface area contributed by atoms with Crippen molar-refractivity contribution >= 4 is 23.4 Å². The maximum atomic E-state index is 14.2. The highest BCUT2D eigenvalue weighted by molar-refractivity contribution is 5.88. The van der Waals surface area contributed by atoms with E-state index in [9.17, 15) is 44.7 Å². The SMILES string of the molecule is CO[C@@H]1C[C@H](C[C@@H](C)[C@@H]2CC(=O)[C@H](C)/C=C(\C)[C@@H](O)[C@@H](OC)C(=O)[C@H](C)C[C@H](C)/C=C/C=C/C=C(\C)CCCCC[C@@H](C)C(O)(O)C(O)C(=O)N3CCCC[C@H]3C(=O)O2)CC[C@H]1O. The zero-order chi connectivity index (χ0) is 47.0. The Morgan fingerprint density at radius 3 is 2.24 bits per heavy atom. The minimum atomic E-state index is -2.74. The number of ketones is 2. The summed E-state index contributed by atoms with van der Waals surface area (Å²) >= 11 is 0. The topological polar surface area (TPSA) is 200 Å². The van der Waals surface area contributed by atoms with Crippen LogP contribution in [0.2, 0.25) is 0 Å². The monoisotopic (exact) mass is 888 g/mol. The van der Waals surface area contributed by atoms with Gasteiger partial charge in [0.2, 0.25) is 5.79 Å². The summed E-state index contributed by atoms with van der Waals surface area (Å²) in [5.41, 5.74) is 1.57. The Balaban J connectivity index is 1.96. The van der Waals surface area contributed by atoms with Crippen LogP contribution in [-0.2, 0) is 33.4 Å². The van der Waals surface area contributed by atoms with Crippen molar-refractivity contribution in [2.75, 3.05) is 20.8 Å². The van der Waals surface area contributed by atoms with E-state index in [0.717, 1.165) is 25.7 Å². The summed E-state index contributed by atoms with van der Waals surface area (Å²) in [6.07, 6.45) is 12.8. The number of cyclic esters (lactones) is 1.